The maximum Gasteiger partial charge on any atom is 0.0564 e. The van der Waals surface area contributed by atoms with Crippen LogP contribution in [0.3, 0.4) is 0 Å². The lowest BCUT2D eigenvalue weighted by Crippen LogP contribution is -2.08. The molecule has 0 saturated heterocycles. The molecule has 0 fully saturated rings. The molecule has 1 heteroatoms. The molecule has 2 N–H and O–H groups in total. The van der Waals surface area contributed by atoms with E-state index in [1.54, 1.807) is 0 Å². The molecule has 98 valence electrons. The van der Waals surface area contributed by atoms with Crippen LogP contribution in [-0.2, 0) is 0 Å². The van der Waals surface area contributed by atoms with Crippen molar-refractivity contribution in [3.63, 3.8) is 0 Å². The highest BCUT2D eigenvalue weighted by atomic mass is 14.7. The Labute approximate surface area is 115 Å². The molecule has 0 spiro atoms. The molecule has 19 heavy (non-hydrogen) atoms. The zero-order chi connectivity index (χ0) is 13.4. The molecule has 0 aromatic heterocycles. The Morgan fingerprint density at radius 1 is 0.947 bits per heavy atom. The molecule has 0 saturated carbocycles. The Morgan fingerprint density at radius 3 is 2.37 bits per heavy atom. The predicted molar refractivity (Wildman–Crippen MR) is 81.2 cm³/mol. The van der Waals surface area contributed by atoms with E-state index in [9.17, 15) is 0 Å². The van der Waals surface area contributed by atoms with E-state index in [0.29, 0.717) is 5.92 Å². The molecule has 2 aromatic carbocycles. The van der Waals surface area contributed by atoms with Crippen LogP contribution >= 0.6 is 0 Å². The Bertz CT molecular complexity index is 596. The highest BCUT2D eigenvalue weighted by Gasteiger charge is 2.26. The number of rotatable bonds is 3. The summed E-state index contributed by atoms with van der Waals surface area (Å²) in [5.41, 5.74) is 13.0. The van der Waals surface area contributed by atoms with Gasteiger partial charge < -0.3 is 5.73 Å². The summed E-state index contributed by atoms with van der Waals surface area (Å²) in [6.45, 7) is 4.52. The van der Waals surface area contributed by atoms with Crippen LogP contribution in [0.15, 0.2) is 42.5 Å². The van der Waals surface area contributed by atoms with Crippen molar-refractivity contribution < 1.29 is 0 Å². The van der Waals surface area contributed by atoms with Gasteiger partial charge in [0.2, 0.25) is 0 Å². The van der Waals surface area contributed by atoms with Gasteiger partial charge in [-0.1, -0.05) is 56.3 Å². The summed E-state index contributed by atoms with van der Waals surface area (Å²) in [5.74, 6) is 0.654. The number of hydrogen-bond donors (Lipinski definition) is 1. The zero-order valence-corrected chi connectivity index (χ0v) is 11.7. The number of benzene rings is 2. The van der Waals surface area contributed by atoms with Crippen LogP contribution in [0.4, 0.5) is 0 Å². The average molecular weight is 251 g/mol. The van der Waals surface area contributed by atoms with E-state index in [-0.39, 0.29) is 6.04 Å². The van der Waals surface area contributed by atoms with Gasteiger partial charge in [-0.15, -0.1) is 0 Å². The molecule has 0 bridgehead atoms. The summed E-state index contributed by atoms with van der Waals surface area (Å²) >= 11 is 0. The Morgan fingerprint density at radius 2 is 1.63 bits per heavy atom. The quantitative estimate of drug-likeness (QED) is 0.846. The first-order chi connectivity index (χ1) is 9.26. The van der Waals surface area contributed by atoms with Gasteiger partial charge in [-0.25, -0.2) is 0 Å². The lowest BCUT2D eigenvalue weighted by atomic mass is 9.91. The molecule has 2 aromatic rings. The lowest BCUT2D eigenvalue weighted by molar-refractivity contribution is 0.640. The van der Waals surface area contributed by atoms with Gasteiger partial charge in [0.25, 0.3) is 0 Å². The SMILES string of the molecule is CCC(CC)c1ccc2c(c1)C(N)c1ccccc1-2. The van der Waals surface area contributed by atoms with E-state index in [1.807, 2.05) is 0 Å². The van der Waals surface area contributed by atoms with E-state index in [1.165, 1.54) is 40.7 Å². The maximum absolute atomic E-state index is 6.41. The van der Waals surface area contributed by atoms with Crippen LogP contribution in [0, 0.1) is 0 Å². The molecule has 0 radical (unpaired) electrons. The average Bonchev–Trinajstić information content (AvgIpc) is 2.74. The fraction of sp³-hybridized carbons (Fsp3) is 0.333. The minimum atomic E-state index is 0.0421. The van der Waals surface area contributed by atoms with Gasteiger partial charge in [0, 0.05) is 0 Å². The lowest BCUT2D eigenvalue weighted by Gasteiger charge is -2.15. The van der Waals surface area contributed by atoms with Gasteiger partial charge in [-0.3, -0.25) is 0 Å². The van der Waals surface area contributed by atoms with Crippen molar-refractivity contribution in [1.29, 1.82) is 0 Å². The summed E-state index contributed by atoms with van der Waals surface area (Å²) in [5, 5.41) is 0. The van der Waals surface area contributed by atoms with Crippen molar-refractivity contribution in [2.45, 2.75) is 38.6 Å². The number of nitrogens with two attached hydrogens (primary N) is 1. The Balaban J connectivity index is 2.10. The molecule has 0 amide bonds. The second kappa shape index (κ2) is 4.82. The van der Waals surface area contributed by atoms with Gasteiger partial charge in [-0.2, -0.15) is 0 Å². The highest BCUT2D eigenvalue weighted by Crippen LogP contribution is 2.43. The summed E-state index contributed by atoms with van der Waals surface area (Å²) in [7, 11) is 0. The largest absolute Gasteiger partial charge is 0.320 e. The standard InChI is InChI=1S/C18H21N/c1-3-12(4-2)13-9-10-15-14-7-5-6-8-16(14)18(19)17(15)11-13/h5-12,18H,3-4,19H2,1-2H3. The summed E-state index contributed by atoms with van der Waals surface area (Å²) in [6.07, 6.45) is 2.38. The molecule has 0 heterocycles. The third kappa shape index (κ3) is 1.89. The smallest absolute Gasteiger partial charge is 0.0564 e. The molecular formula is C18H21N. The van der Waals surface area contributed by atoms with Crippen molar-refractivity contribution in [1.82, 2.24) is 0 Å². The molecule has 1 nitrogen and oxygen atoms in total. The number of hydrogen-bond acceptors (Lipinski definition) is 1. The first kappa shape index (κ1) is 12.4. The molecule has 0 aliphatic heterocycles. The van der Waals surface area contributed by atoms with Crippen LogP contribution in [0.1, 0.15) is 55.3 Å². The Hall–Kier alpha value is -1.60. The first-order valence-electron chi connectivity index (χ1n) is 7.25. The molecule has 1 atom stereocenters. The second-order valence-corrected chi connectivity index (χ2v) is 5.43. The predicted octanol–water partition coefficient (Wildman–Crippen LogP) is 4.62. The van der Waals surface area contributed by atoms with E-state index in [2.05, 4.69) is 56.3 Å². The second-order valence-electron chi connectivity index (χ2n) is 5.43. The van der Waals surface area contributed by atoms with E-state index >= 15 is 0 Å². The zero-order valence-electron chi connectivity index (χ0n) is 11.7. The number of fused-ring (bicyclic) bond motifs is 3. The molecule has 1 aliphatic carbocycles. The molecule has 1 unspecified atom stereocenters. The minimum Gasteiger partial charge on any atom is -0.320 e. The topological polar surface area (TPSA) is 26.0 Å². The van der Waals surface area contributed by atoms with Crippen LogP contribution < -0.4 is 5.73 Å². The van der Waals surface area contributed by atoms with Gasteiger partial charge >= 0.3 is 0 Å². The van der Waals surface area contributed by atoms with Crippen molar-refractivity contribution in [2.24, 2.45) is 5.73 Å². The summed E-state index contributed by atoms with van der Waals surface area (Å²) < 4.78 is 0. The van der Waals surface area contributed by atoms with Gasteiger partial charge in [0.15, 0.2) is 0 Å². The minimum absolute atomic E-state index is 0.0421. The monoisotopic (exact) mass is 251 g/mol. The third-order valence-corrected chi connectivity index (χ3v) is 4.45. The highest BCUT2D eigenvalue weighted by molar-refractivity contribution is 5.78. The van der Waals surface area contributed by atoms with Crippen LogP contribution in [-0.4, -0.2) is 0 Å². The fourth-order valence-electron chi connectivity index (χ4n) is 3.28. The summed E-state index contributed by atoms with van der Waals surface area (Å²) in [4.78, 5) is 0. The van der Waals surface area contributed by atoms with Gasteiger partial charge in [-0.05, 0) is 46.6 Å². The van der Waals surface area contributed by atoms with Crippen molar-refractivity contribution in [2.75, 3.05) is 0 Å². The maximum atomic E-state index is 6.41. The normalized spacial score (nSPS) is 16.5. The summed E-state index contributed by atoms with van der Waals surface area (Å²) in [6, 6.07) is 15.4. The van der Waals surface area contributed by atoms with Crippen LogP contribution in [0.2, 0.25) is 0 Å². The molecule has 3 rings (SSSR count). The van der Waals surface area contributed by atoms with Gasteiger partial charge in [0.1, 0.15) is 0 Å². The first-order valence-corrected chi connectivity index (χ1v) is 7.25. The van der Waals surface area contributed by atoms with Crippen molar-refractivity contribution in [3.05, 3.63) is 59.2 Å². The van der Waals surface area contributed by atoms with Crippen LogP contribution in [0.5, 0.6) is 0 Å². The van der Waals surface area contributed by atoms with E-state index in [0.717, 1.165) is 0 Å². The van der Waals surface area contributed by atoms with Crippen molar-refractivity contribution >= 4 is 0 Å². The van der Waals surface area contributed by atoms with Crippen LogP contribution in [0.25, 0.3) is 11.1 Å². The van der Waals surface area contributed by atoms with E-state index in [4.69, 9.17) is 5.73 Å². The van der Waals surface area contributed by atoms with Crippen molar-refractivity contribution in [3.8, 4) is 11.1 Å². The molecule has 1 aliphatic rings. The Kier molecular flexibility index (Phi) is 3.16. The third-order valence-electron chi connectivity index (χ3n) is 4.45. The fourth-order valence-corrected chi connectivity index (χ4v) is 3.28. The van der Waals surface area contributed by atoms with E-state index < -0.39 is 0 Å². The molecular weight excluding hydrogens is 230 g/mol. The van der Waals surface area contributed by atoms with Gasteiger partial charge in [0.05, 0.1) is 6.04 Å².